The molecule has 0 atom stereocenters. The van der Waals surface area contributed by atoms with Gasteiger partial charge in [-0.15, -0.1) is 11.3 Å². The van der Waals surface area contributed by atoms with Crippen molar-refractivity contribution in [1.29, 1.82) is 0 Å². The maximum atomic E-state index is 4.65. The highest BCUT2D eigenvalue weighted by Crippen LogP contribution is 2.14. The molecule has 1 fully saturated rings. The number of aromatic nitrogens is 2. The van der Waals surface area contributed by atoms with Crippen LogP contribution in [0, 0.1) is 6.92 Å². The molecule has 7 nitrogen and oxygen atoms in total. The van der Waals surface area contributed by atoms with E-state index in [1.165, 1.54) is 4.88 Å². The molecule has 3 heterocycles. The molecule has 8 heteroatoms. The number of pyridine rings is 1. The summed E-state index contributed by atoms with van der Waals surface area (Å²) in [6, 6.07) is 4.26. The first kappa shape index (κ1) is 19.6. The van der Waals surface area contributed by atoms with Crippen LogP contribution in [0.2, 0.25) is 0 Å². The van der Waals surface area contributed by atoms with Crippen LogP contribution in [0.1, 0.15) is 22.4 Å². The molecular formula is C19H29N7S. The van der Waals surface area contributed by atoms with Gasteiger partial charge in [0.1, 0.15) is 10.8 Å². The Morgan fingerprint density at radius 3 is 2.48 bits per heavy atom. The zero-order valence-electron chi connectivity index (χ0n) is 16.4. The fourth-order valence-electron chi connectivity index (χ4n) is 3.05. The second-order valence-corrected chi connectivity index (χ2v) is 7.91. The molecular weight excluding hydrogens is 358 g/mol. The first-order valence-electron chi connectivity index (χ1n) is 9.46. The topological polar surface area (TPSA) is 68.7 Å². The van der Waals surface area contributed by atoms with Crippen LogP contribution in [-0.2, 0) is 13.1 Å². The van der Waals surface area contributed by atoms with Crippen LogP contribution >= 0.6 is 11.3 Å². The lowest BCUT2D eigenvalue weighted by atomic mass is 10.2. The summed E-state index contributed by atoms with van der Waals surface area (Å²) in [6.45, 7) is 11.1. The van der Waals surface area contributed by atoms with Crippen molar-refractivity contribution in [2.45, 2.75) is 26.9 Å². The molecule has 0 bridgehead atoms. The Morgan fingerprint density at radius 2 is 1.89 bits per heavy atom. The molecule has 27 heavy (non-hydrogen) atoms. The first-order chi connectivity index (χ1) is 13.2. The number of nitrogens with zero attached hydrogens (tertiary/aromatic N) is 5. The van der Waals surface area contributed by atoms with E-state index in [0.717, 1.165) is 55.1 Å². The highest BCUT2D eigenvalue weighted by Gasteiger charge is 2.16. The fraction of sp³-hybridized carbons (Fsp3) is 0.526. The number of hydrogen-bond acceptors (Lipinski definition) is 6. The number of guanidine groups is 1. The van der Waals surface area contributed by atoms with Crippen LogP contribution in [0.25, 0.3) is 0 Å². The van der Waals surface area contributed by atoms with Gasteiger partial charge in [0, 0.05) is 57.0 Å². The standard InChI is InChI=1S/C19H29N7S/c1-4-25-7-9-26(10-8-25)17-6-5-16(12-21-17)13-23-19(20-3)24-14-18-22-11-15(2)27-18/h5-6,11-12H,4,7-10,13-14H2,1-3H3,(H2,20,23,24). The summed E-state index contributed by atoms with van der Waals surface area (Å²) in [5.74, 6) is 1.83. The molecule has 0 amide bonds. The van der Waals surface area contributed by atoms with Gasteiger partial charge in [-0.05, 0) is 25.1 Å². The van der Waals surface area contributed by atoms with Crippen molar-refractivity contribution in [3.8, 4) is 0 Å². The van der Waals surface area contributed by atoms with E-state index in [-0.39, 0.29) is 0 Å². The van der Waals surface area contributed by atoms with E-state index in [4.69, 9.17) is 0 Å². The Bertz CT molecular complexity index is 733. The average Bonchev–Trinajstić information content (AvgIpc) is 3.14. The minimum atomic E-state index is 0.680. The number of thiazole rings is 1. The van der Waals surface area contributed by atoms with Crippen LogP contribution in [0.4, 0.5) is 5.82 Å². The SMILES string of the molecule is CCN1CCN(c2ccc(CNC(=NC)NCc3ncc(C)s3)cn2)CC1. The van der Waals surface area contributed by atoms with Crippen LogP contribution in [-0.4, -0.2) is 60.6 Å². The van der Waals surface area contributed by atoms with Crippen LogP contribution in [0.3, 0.4) is 0 Å². The van der Waals surface area contributed by atoms with Crippen LogP contribution in [0.5, 0.6) is 0 Å². The molecule has 0 unspecified atom stereocenters. The van der Waals surface area contributed by atoms with E-state index in [1.54, 1.807) is 18.4 Å². The molecule has 146 valence electrons. The Hall–Kier alpha value is -2.19. The summed E-state index contributed by atoms with van der Waals surface area (Å²) in [5, 5.41) is 7.69. The number of hydrogen-bond donors (Lipinski definition) is 2. The highest BCUT2D eigenvalue weighted by atomic mass is 32.1. The van der Waals surface area contributed by atoms with Gasteiger partial charge in [0.05, 0.1) is 6.54 Å². The number of likely N-dealkylation sites (N-methyl/N-ethyl adjacent to an activating group) is 1. The number of rotatable bonds is 6. The van der Waals surface area contributed by atoms with Crippen molar-refractivity contribution < 1.29 is 0 Å². The van der Waals surface area contributed by atoms with Gasteiger partial charge in [0.25, 0.3) is 0 Å². The van der Waals surface area contributed by atoms with Crippen LogP contribution in [0.15, 0.2) is 29.5 Å². The predicted octanol–water partition coefficient (Wildman–Crippen LogP) is 1.85. The van der Waals surface area contributed by atoms with E-state index >= 15 is 0 Å². The summed E-state index contributed by atoms with van der Waals surface area (Å²) >= 11 is 1.70. The molecule has 3 rings (SSSR count). The van der Waals surface area contributed by atoms with E-state index in [2.05, 4.69) is 61.4 Å². The highest BCUT2D eigenvalue weighted by molar-refractivity contribution is 7.11. The van der Waals surface area contributed by atoms with E-state index < -0.39 is 0 Å². The van der Waals surface area contributed by atoms with Crippen molar-refractivity contribution in [3.05, 3.63) is 40.0 Å². The zero-order valence-corrected chi connectivity index (χ0v) is 17.2. The maximum Gasteiger partial charge on any atom is 0.191 e. The molecule has 2 aromatic heterocycles. The quantitative estimate of drug-likeness (QED) is 0.582. The number of nitrogens with one attached hydrogen (secondary N) is 2. The molecule has 1 saturated heterocycles. The van der Waals surface area contributed by atoms with Gasteiger partial charge in [-0.3, -0.25) is 4.99 Å². The molecule has 2 aromatic rings. The Morgan fingerprint density at radius 1 is 1.11 bits per heavy atom. The minimum Gasteiger partial charge on any atom is -0.354 e. The lowest BCUT2D eigenvalue weighted by Crippen LogP contribution is -2.46. The second kappa shape index (κ2) is 9.66. The van der Waals surface area contributed by atoms with E-state index in [9.17, 15) is 0 Å². The van der Waals surface area contributed by atoms with Gasteiger partial charge in [0.15, 0.2) is 5.96 Å². The molecule has 0 aliphatic carbocycles. The predicted molar refractivity (Wildman–Crippen MR) is 112 cm³/mol. The molecule has 1 aliphatic rings. The van der Waals surface area contributed by atoms with Gasteiger partial charge >= 0.3 is 0 Å². The Kier molecular flexibility index (Phi) is 7.00. The van der Waals surface area contributed by atoms with Gasteiger partial charge < -0.3 is 20.4 Å². The lowest BCUT2D eigenvalue weighted by Gasteiger charge is -2.34. The van der Waals surface area contributed by atoms with Crippen LogP contribution < -0.4 is 15.5 Å². The summed E-state index contributed by atoms with van der Waals surface area (Å²) in [4.78, 5) is 19.3. The molecule has 0 aromatic carbocycles. The number of anilines is 1. The van der Waals surface area contributed by atoms with Crippen molar-refractivity contribution >= 4 is 23.1 Å². The molecule has 0 saturated carbocycles. The van der Waals surface area contributed by atoms with Gasteiger partial charge in [-0.2, -0.15) is 0 Å². The maximum absolute atomic E-state index is 4.65. The Labute approximate surface area is 165 Å². The van der Waals surface area contributed by atoms with Crippen molar-refractivity contribution in [1.82, 2.24) is 25.5 Å². The molecule has 1 aliphatic heterocycles. The monoisotopic (exact) mass is 387 g/mol. The third-order valence-corrected chi connectivity index (χ3v) is 5.63. The van der Waals surface area contributed by atoms with Crippen molar-refractivity contribution in [3.63, 3.8) is 0 Å². The third kappa shape index (κ3) is 5.64. The van der Waals surface area contributed by atoms with Crippen molar-refractivity contribution in [2.24, 2.45) is 4.99 Å². The van der Waals surface area contributed by atoms with Crippen molar-refractivity contribution in [2.75, 3.05) is 44.7 Å². The fourth-order valence-corrected chi connectivity index (χ4v) is 3.78. The first-order valence-corrected chi connectivity index (χ1v) is 10.3. The normalized spacial score (nSPS) is 15.8. The number of aliphatic imine (C=N–C) groups is 1. The van der Waals surface area contributed by atoms with E-state index in [0.29, 0.717) is 13.1 Å². The Balaban J connectivity index is 1.46. The second-order valence-electron chi connectivity index (χ2n) is 6.59. The minimum absolute atomic E-state index is 0.680. The van der Waals surface area contributed by atoms with Gasteiger partial charge in [0.2, 0.25) is 0 Å². The third-order valence-electron chi connectivity index (χ3n) is 4.71. The largest absolute Gasteiger partial charge is 0.354 e. The molecule has 0 spiro atoms. The molecule has 2 N–H and O–H groups in total. The smallest absolute Gasteiger partial charge is 0.191 e. The number of aryl methyl sites for hydroxylation is 1. The average molecular weight is 388 g/mol. The summed E-state index contributed by atoms with van der Waals surface area (Å²) < 4.78 is 0. The van der Waals surface area contributed by atoms with E-state index in [1.807, 2.05) is 12.4 Å². The summed E-state index contributed by atoms with van der Waals surface area (Å²) in [6.07, 6.45) is 3.85. The van der Waals surface area contributed by atoms with Gasteiger partial charge in [-0.1, -0.05) is 13.0 Å². The molecule has 0 radical (unpaired) electrons. The number of piperazine rings is 1. The zero-order chi connectivity index (χ0) is 19.1. The summed E-state index contributed by atoms with van der Waals surface area (Å²) in [7, 11) is 1.78. The lowest BCUT2D eigenvalue weighted by molar-refractivity contribution is 0.270. The van der Waals surface area contributed by atoms with Gasteiger partial charge in [-0.25, -0.2) is 9.97 Å². The summed E-state index contributed by atoms with van der Waals surface area (Å²) in [5.41, 5.74) is 1.14.